The monoisotopic (exact) mass is 384 g/mol. The number of methoxy groups -OCH3 is 1. The third-order valence-corrected chi connectivity index (χ3v) is 4.11. The number of benzene rings is 2. The van der Waals surface area contributed by atoms with Crippen molar-refractivity contribution in [2.75, 3.05) is 13.7 Å². The first-order valence-corrected chi connectivity index (χ1v) is 9.07. The molecular formula is C21H21ClN2O3. The Bertz CT molecular complexity index is 950. The molecule has 0 spiro atoms. The molecule has 0 aliphatic heterocycles. The second-order valence-corrected chi connectivity index (χ2v) is 6.44. The predicted octanol–water partition coefficient (Wildman–Crippen LogP) is 5.58. The highest BCUT2D eigenvalue weighted by atomic mass is 35.5. The summed E-state index contributed by atoms with van der Waals surface area (Å²) in [4.78, 5) is 0. The number of hydrogen-bond donors (Lipinski definition) is 0. The molecule has 140 valence electrons. The van der Waals surface area contributed by atoms with Crippen molar-refractivity contribution < 1.29 is 13.9 Å². The summed E-state index contributed by atoms with van der Waals surface area (Å²) in [5, 5.41) is 8.48. The summed E-state index contributed by atoms with van der Waals surface area (Å²) in [7, 11) is 1.61. The van der Waals surface area contributed by atoms with Gasteiger partial charge in [-0.1, -0.05) is 42.3 Å². The van der Waals surface area contributed by atoms with Crippen LogP contribution in [-0.2, 0) is 0 Å². The maximum atomic E-state index is 6.38. The van der Waals surface area contributed by atoms with Crippen LogP contribution in [0.3, 0.4) is 0 Å². The molecule has 0 N–H and O–H groups in total. The Labute approximate surface area is 163 Å². The number of halogens is 1. The Balaban J connectivity index is 1.83. The normalized spacial score (nSPS) is 11.5. The fraction of sp³-hybridized carbons (Fsp3) is 0.238. The lowest BCUT2D eigenvalue weighted by atomic mass is 10.1. The minimum absolute atomic E-state index is 0.262. The topological polar surface area (TPSA) is 57.4 Å². The van der Waals surface area contributed by atoms with Gasteiger partial charge in [0.1, 0.15) is 5.03 Å². The van der Waals surface area contributed by atoms with Crippen LogP contribution in [0.2, 0.25) is 0 Å². The maximum Gasteiger partial charge on any atom is 0.259 e. The molecule has 5 nitrogen and oxygen atoms in total. The average Bonchev–Trinajstić information content (AvgIpc) is 3.17. The van der Waals surface area contributed by atoms with Crippen LogP contribution in [-0.4, -0.2) is 23.9 Å². The van der Waals surface area contributed by atoms with Crippen LogP contribution in [0.25, 0.3) is 22.6 Å². The summed E-state index contributed by atoms with van der Waals surface area (Å²) in [5.74, 6) is 2.04. The summed E-state index contributed by atoms with van der Waals surface area (Å²) < 4.78 is 16.8. The Morgan fingerprint density at radius 1 is 1.15 bits per heavy atom. The van der Waals surface area contributed by atoms with Crippen LogP contribution in [0.5, 0.6) is 11.5 Å². The first-order valence-electron chi connectivity index (χ1n) is 8.69. The third-order valence-electron chi connectivity index (χ3n) is 3.84. The molecule has 1 heterocycles. The number of aryl methyl sites for hydroxylation is 1. The van der Waals surface area contributed by atoms with E-state index in [0.717, 1.165) is 23.1 Å². The molecule has 0 fully saturated rings. The largest absolute Gasteiger partial charge is 0.493 e. The van der Waals surface area contributed by atoms with Gasteiger partial charge in [0.15, 0.2) is 11.5 Å². The number of hydrogen-bond acceptors (Lipinski definition) is 5. The van der Waals surface area contributed by atoms with E-state index >= 15 is 0 Å². The van der Waals surface area contributed by atoms with Gasteiger partial charge in [0.25, 0.3) is 5.89 Å². The minimum Gasteiger partial charge on any atom is -0.493 e. The molecule has 3 aromatic rings. The van der Waals surface area contributed by atoms with Gasteiger partial charge in [0.05, 0.1) is 13.7 Å². The molecule has 0 unspecified atom stereocenters. The molecular weight excluding hydrogens is 364 g/mol. The fourth-order valence-corrected chi connectivity index (χ4v) is 2.73. The second kappa shape index (κ2) is 8.73. The van der Waals surface area contributed by atoms with Gasteiger partial charge < -0.3 is 13.9 Å². The number of nitrogens with zero attached hydrogens (tertiary/aromatic N) is 2. The van der Waals surface area contributed by atoms with E-state index in [4.69, 9.17) is 25.5 Å². The molecule has 6 heteroatoms. The molecule has 0 amide bonds. The molecule has 2 aromatic carbocycles. The van der Waals surface area contributed by atoms with Crippen molar-refractivity contribution in [3.8, 4) is 23.0 Å². The van der Waals surface area contributed by atoms with Crippen molar-refractivity contribution in [3.63, 3.8) is 0 Å². The van der Waals surface area contributed by atoms with E-state index in [-0.39, 0.29) is 5.89 Å². The SMILES string of the molecule is CCCOc1ccc(/C=C(\Cl)c2nnc(-c3cccc(C)c3)o2)cc1OC. The number of aromatic nitrogens is 2. The highest BCUT2D eigenvalue weighted by molar-refractivity contribution is 6.50. The van der Waals surface area contributed by atoms with E-state index in [1.165, 1.54) is 0 Å². The zero-order valence-electron chi connectivity index (χ0n) is 15.5. The molecule has 27 heavy (non-hydrogen) atoms. The fourth-order valence-electron chi connectivity index (χ4n) is 2.53. The lowest BCUT2D eigenvalue weighted by Crippen LogP contribution is -1.97. The van der Waals surface area contributed by atoms with Crippen LogP contribution in [0, 0.1) is 6.92 Å². The van der Waals surface area contributed by atoms with Gasteiger partial charge in [-0.2, -0.15) is 0 Å². The molecule has 0 bridgehead atoms. The highest BCUT2D eigenvalue weighted by Gasteiger charge is 2.12. The van der Waals surface area contributed by atoms with Crippen LogP contribution in [0.15, 0.2) is 46.9 Å². The molecule has 0 atom stereocenters. The third kappa shape index (κ3) is 4.68. The Hall–Kier alpha value is -2.79. The number of ether oxygens (including phenoxy) is 2. The summed E-state index contributed by atoms with van der Waals surface area (Å²) in [6.07, 6.45) is 2.68. The van der Waals surface area contributed by atoms with E-state index in [9.17, 15) is 0 Å². The molecule has 3 rings (SSSR count). The van der Waals surface area contributed by atoms with Crippen LogP contribution < -0.4 is 9.47 Å². The van der Waals surface area contributed by atoms with Crippen molar-refractivity contribution >= 4 is 22.7 Å². The van der Waals surface area contributed by atoms with Crippen LogP contribution in [0.1, 0.15) is 30.4 Å². The van der Waals surface area contributed by atoms with Gasteiger partial charge in [-0.3, -0.25) is 0 Å². The van der Waals surface area contributed by atoms with Gasteiger partial charge >= 0.3 is 0 Å². The highest BCUT2D eigenvalue weighted by Crippen LogP contribution is 2.31. The van der Waals surface area contributed by atoms with Crippen molar-refractivity contribution in [3.05, 3.63) is 59.5 Å². The summed E-state index contributed by atoms with van der Waals surface area (Å²) in [5.41, 5.74) is 2.82. The van der Waals surface area contributed by atoms with Gasteiger partial charge in [0, 0.05) is 5.56 Å². The molecule has 0 saturated heterocycles. The van der Waals surface area contributed by atoms with E-state index in [1.807, 2.05) is 49.4 Å². The summed E-state index contributed by atoms with van der Waals surface area (Å²) in [6.45, 7) is 4.70. The number of rotatable bonds is 7. The van der Waals surface area contributed by atoms with Crippen molar-refractivity contribution in [2.24, 2.45) is 0 Å². The predicted molar refractivity (Wildman–Crippen MR) is 107 cm³/mol. The van der Waals surface area contributed by atoms with E-state index in [1.54, 1.807) is 13.2 Å². The van der Waals surface area contributed by atoms with E-state index in [0.29, 0.717) is 29.0 Å². The van der Waals surface area contributed by atoms with Gasteiger partial charge in [-0.15, -0.1) is 10.2 Å². The van der Waals surface area contributed by atoms with Crippen molar-refractivity contribution in [2.45, 2.75) is 20.3 Å². The molecule has 0 saturated carbocycles. The molecule has 1 aromatic heterocycles. The van der Waals surface area contributed by atoms with Gasteiger partial charge in [-0.25, -0.2) is 0 Å². The lowest BCUT2D eigenvalue weighted by molar-refractivity contribution is 0.294. The molecule has 0 aliphatic rings. The van der Waals surface area contributed by atoms with E-state index < -0.39 is 0 Å². The Kier molecular flexibility index (Phi) is 6.14. The zero-order chi connectivity index (χ0) is 19.2. The van der Waals surface area contributed by atoms with E-state index in [2.05, 4.69) is 17.1 Å². The first-order chi connectivity index (χ1) is 13.1. The van der Waals surface area contributed by atoms with Crippen molar-refractivity contribution in [1.29, 1.82) is 0 Å². The average molecular weight is 385 g/mol. The summed E-state index contributed by atoms with van der Waals surface area (Å²) in [6, 6.07) is 13.5. The minimum atomic E-state index is 0.262. The lowest BCUT2D eigenvalue weighted by Gasteiger charge is -2.10. The van der Waals surface area contributed by atoms with Gasteiger partial charge in [-0.05, 0) is 49.2 Å². The zero-order valence-corrected chi connectivity index (χ0v) is 16.3. The Morgan fingerprint density at radius 3 is 2.74 bits per heavy atom. The maximum absolute atomic E-state index is 6.38. The van der Waals surface area contributed by atoms with Crippen LogP contribution in [0.4, 0.5) is 0 Å². The van der Waals surface area contributed by atoms with Crippen LogP contribution >= 0.6 is 11.6 Å². The second-order valence-electron chi connectivity index (χ2n) is 6.03. The molecule has 0 aliphatic carbocycles. The summed E-state index contributed by atoms with van der Waals surface area (Å²) >= 11 is 6.38. The quantitative estimate of drug-likeness (QED) is 0.532. The first kappa shape index (κ1) is 19.0. The van der Waals surface area contributed by atoms with Crippen molar-refractivity contribution in [1.82, 2.24) is 10.2 Å². The molecule has 0 radical (unpaired) electrons. The van der Waals surface area contributed by atoms with Gasteiger partial charge in [0.2, 0.25) is 5.89 Å². The Morgan fingerprint density at radius 2 is 2.00 bits per heavy atom. The standard InChI is InChI=1S/C21H21ClN2O3/c1-4-10-26-18-9-8-15(13-19(18)25-3)12-17(22)21-24-23-20(27-21)16-7-5-6-14(2)11-16/h5-9,11-13H,4,10H2,1-3H3/b17-12-. The smallest absolute Gasteiger partial charge is 0.259 e.